The number of benzene rings is 1. The van der Waals surface area contributed by atoms with Crippen LogP contribution in [0.2, 0.25) is 0 Å². The predicted octanol–water partition coefficient (Wildman–Crippen LogP) is 1.66. The van der Waals surface area contributed by atoms with E-state index >= 15 is 0 Å². The minimum absolute atomic E-state index is 0.181. The highest BCUT2D eigenvalue weighted by atomic mass is 32.2. The Balaban J connectivity index is 1.30. The van der Waals surface area contributed by atoms with Crippen LogP contribution in [0.1, 0.15) is 23.1 Å². The van der Waals surface area contributed by atoms with Gasteiger partial charge in [-0.3, -0.25) is 4.98 Å². The number of aromatic nitrogens is 1. The molecule has 3 aliphatic heterocycles. The van der Waals surface area contributed by atoms with Gasteiger partial charge >= 0.3 is 6.03 Å². The van der Waals surface area contributed by atoms with E-state index in [1.54, 1.807) is 23.4 Å². The van der Waals surface area contributed by atoms with Gasteiger partial charge in [0.2, 0.25) is 10.0 Å². The highest BCUT2D eigenvalue weighted by molar-refractivity contribution is 7.90. The summed E-state index contributed by atoms with van der Waals surface area (Å²) in [5.41, 5.74) is 2.15. The van der Waals surface area contributed by atoms with E-state index in [-0.39, 0.29) is 31.8 Å². The van der Waals surface area contributed by atoms with Crippen LogP contribution in [0.15, 0.2) is 48.8 Å². The molecule has 0 aliphatic carbocycles. The number of pyridine rings is 1. The lowest BCUT2D eigenvalue weighted by Crippen LogP contribution is -2.58. The summed E-state index contributed by atoms with van der Waals surface area (Å²) in [6.07, 6.45) is 3.51. The molecule has 2 amide bonds. The maximum absolute atomic E-state index is 13.2. The van der Waals surface area contributed by atoms with Crippen molar-refractivity contribution in [1.82, 2.24) is 19.5 Å². The summed E-state index contributed by atoms with van der Waals surface area (Å²) in [7, 11) is -3.51. The van der Waals surface area contributed by atoms with E-state index in [9.17, 15) is 13.2 Å². The largest absolute Gasteiger partial charge is 0.365 e. The zero-order chi connectivity index (χ0) is 21.6. The lowest BCUT2D eigenvalue weighted by molar-refractivity contribution is -0.0958. The van der Waals surface area contributed by atoms with Crippen molar-refractivity contribution in [2.45, 2.75) is 43.4 Å². The number of ether oxygens (including phenoxy) is 1. The highest BCUT2D eigenvalue weighted by Crippen LogP contribution is 2.46. The van der Waals surface area contributed by atoms with Crippen molar-refractivity contribution in [2.75, 3.05) is 19.6 Å². The zero-order valence-corrected chi connectivity index (χ0v) is 18.2. The van der Waals surface area contributed by atoms with Crippen LogP contribution >= 0.6 is 0 Å². The summed E-state index contributed by atoms with van der Waals surface area (Å²) in [6, 6.07) is 11.4. The normalized spacial score (nSPS) is 29.0. The van der Waals surface area contributed by atoms with Crippen molar-refractivity contribution < 1.29 is 17.9 Å². The fourth-order valence-electron chi connectivity index (χ4n) is 5.03. The third-order valence-corrected chi connectivity index (χ3v) is 8.89. The summed E-state index contributed by atoms with van der Waals surface area (Å²) in [5.74, 6) is 0. The van der Waals surface area contributed by atoms with Crippen molar-refractivity contribution in [1.29, 1.82) is 0 Å². The number of fused-ring (bicyclic) bond motifs is 1. The number of hydrogen-bond donors (Lipinski definition) is 1. The second-order valence-corrected chi connectivity index (χ2v) is 10.8. The van der Waals surface area contributed by atoms with Crippen LogP contribution in [0, 0.1) is 6.92 Å². The van der Waals surface area contributed by atoms with Gasteiger partial charge in [-0.2, -0.15) is 4.31 Å². The fourth-order valence-corrected chi connectivity index (χ4v) is 7.32. The number of nitrogens with zero attached hydrogens (tertiary/aromatic N) is 3. The number of rotatable bonds is 4. The van der Waals surface area contributed by atoms with Crippen LogP contribution in [-0.2, 0) is 27.8 Å². The van der Waals surface area contributed by atoms with Crippen LogP contribution in [0.5, 0.6) is 0 Å². The van der Waals surface area contributed by atoms with Crippen molar-refractivity contribution in [3.8, 4) is 0 Å². The molecule has 8 nitrogen and oxygen atoms in total. The number of urea groups is 1. The SMILES string of the molecule is Cc1ccccc1CNC(=O)N1C[C@H]2C[C@H]3[C@](C1)(CN(Cc1cccnc1)S3(=O)=O)O2. The molecule has 0 unspecified atom stereocenters. The smallest absolute Gasteiger partial charge is 0.317 e. The molecule has 1 spiro atoms. The molecule has 164 valence electrons. The van der Waals surface area contributed by atoms with Crippen molar-refractivity contribution in [2.24, 2.45) is 0 Å². The van der Waals surface area contributed by atoms with E-state index in [2.05, 4.69) is 10.3 Å². The van der Waals surface area contributed by atoms with Crippen molar-refractivity contribution in [3.05, 3.63) is 65.5 Å². The topological polar surface area (TPSA) is 91.8 Å². The molecule has 31 heavy (non-hydrogen) atoms. The Labute approximate surface area is 182 Å². The van der Waals surface area contributed by atoms with Gasteiger partial charge < -0.3 is 15.0 Å². The van der Waals surface area contributed by atoms with Gasteiger partial charge in [-0.05, 0) is 36.1 Å². The van der Waals surface area contributed by atoms with Crippen LogP contribution in [0.25, 0.3) is 0 Å². The maximum Gasteiger partial charge on any atom is 0.317 e. The van der Waals surface area contributed by atoms with Gasteiger partial charge in [-0.15, -0.1) is 0 Å². The molecule has 0 radical (unpaired) electrons. The average molecular weight is 443 g/mol. The number of carbonyl (C=O) groups is 1. The van der Waals surface area contributed by atoms with Crippen LogP contribution in [-0.4, -0.2) is 65.2 Å². The molecule has 0 saturated carbocycles. The summed E-state index contributed by atoms with van der Waals surface area (Å²) in [4.78, 5) is 18.7. The number of amides is 2. The first-order chi connectivity index (χ1) is 14.9. The lowest BCUT2D eigenvalue weighted by atomic mass is 9.99. The third kappa shape index (κ3) is 3.60. The zero-order valence-electron chi connectivity index (χ0n) is 17.4. The number of morpholine rings is 1. The van der Waals surface area contributed by atoms with E-state index in [0.717, 1.165) is 16.7 Å². The third-order valence-electron chi connectivity index (χ3n) is 6.57. The van der Waals surface area contributed by atoms with Gasteiger partial charge in [0.1, 0.15) is 10.9 Å². The van der Waals surface area contributed by atoms with Gasteiger partial charge in [0.05, 0.1) is 12.6 Å². The Morgan fingerprint density at radius 3 is 2.87 bits per heavy atom. The van der Waals surface area contributed by atoms with Gasteiger partial charge in [-0.1, -0.05) is 30.3 Å². The summed E-state index contributed by atoms with van der Waals surface area (Å²) in [6.45, 7) is 3.66. The van der Waals surface area contributed by atoms with Crippen LogP contribution < -0.4 is 5.32 Å². The summed E-state index contributed by atoms with van der Waals surface area (Å²) < 4.78 is 34.2. The van der Waals surface area contributed by atoms with Gasteiger partial charge in [0, 0.05) is 38.6 Å². The first kappa shape index (κ1) is 20.4. The van der Waals surface area contributed by atoms with E-state index in [4.69, 9.17) is 4.74 Å². The molecule has 1 aromatic heterocycles. The monoisotopic (exact) mass is 442 g/mol. The first-order valence-electron chi connectivity index (χ1n) is 10.5. The number of nitrogens with one attached hydrogen (secondary N) is 1. The molecule has 3 atom stereocenters. The minimum Gasteiger partial charge on any atom is -0.365 e. The number of aryl methyl sites for hydroxylation is 1. The highest BCUT2D eigenvalue weighted by Gasteiger charge is 2.65. The molecule has 5 rings (SSSR count). The van der Waals surface area contributed by atoms with E-state index in [0.29, 0.717) is 19.5 Å². The number of hydrogen-bond acceptors (Lipinski definition) is 5. The molecule has 9 heteroatoms. The molecular formula is C22H26N4O4S. The molecule has 2 bridgehead atoms. The number of sulfonamides is 1. The number of carbonyl (C=O) groups excluding carboxylic acids is 1. The van der Waals surface area contributed by atoms with Gasteiger partial charge in [-0.25, -0.2) is 13.2 Å². The minimum atomic E-state index is -3.51. The fraction of sp³-hybridized carbons (Fsp3) is 0.455. The average Bonchev–Trinajstić information content (AvgIpc) is 3.12. The van der Waals surface area contributed by atoms with Gasteiger partial charge in [0.25, 0.3) is 0 Å². The predicted molar refractivity (Wildman–Crippen MR) is 115 cm³/mol. The number of likely N-dealkylation sites (tertiary alicyclic amines) is 1. The first-order valence-corrected chi connectivity index (χ1v) is 12.0. The molecule has 4 heterocycles. The Kier molecular flexibility index (Phi) is 4.99. The Hall–Kier alpha value is -2.49. The summed E-state index contributed by atoms with van der Waals surface area (Å²) >= 11 is 0. The van der Waals surface area contributed by atoms with Crippen LogP contribution in [0.3, 0.4) is 0 Å². The molecule has 2 aromatic rings. The Bertz CT molecular complexity index is 1090. The van der Waals surface area contributed by atoms with Crippen LogP contribution in [0.4, 0.5) is 4.79 Å². The molecular weight excluding hydrogens is 416 g/mol. The van der Waals surface area contributed by atoms with Crippen molar-refractivity contribution >= 4 is 16.1 Å². The standard InChI is InChI=1S/C22H26N4O4S/c1-16-5-2-3-7-18(16)11-24-21(27)25-13-19-9-20-22(14-25,30-19)15-26(31(20,28)29)12-17-6-4-8-23-10-17/h2-8,10,19-20H,9,11-15H2,1H3,(H,24,27)/t19-,20+,22+/m1/s1. The summed E-state index contributed by atoms with van der Waals surface area (Å²) in [5, 5.41) is 2.37. The second-order valence-electron chi connectivity index (χ2n) is 8.67. The maximum atomic E-state index is 13.2. The lowest BCUT2D eigenvalue weighted by Gasteiger charge is -2.39. The van der Waals surface area contributed by atoms with E-state index in [1.165, 1.54) is 4.31 Å². The molecule has 1 N–H and O–H groups in total. The molecule has 3 fully saturated rings. The molecule has 3 aliphatic rings. The second kappa shape index (κ2) is 7.58. The Morgan fingerprint density at radius 2 is 2.10 bits per heavy atom. The quantitative estimate of drug-likeness (QED) is 0.778. The Morgan fingerprint density at radius 1 is 1.26 bits per heavy atom. The van der Waals surface area contributed by atoms with Gasteiger partial charge in [0.15, 0.2) is 0 Å². The molecule has 3 saturated heterocycles. The van der Waals surface area contributed by atoms with E-state index in [1.807, 2.05) is 37.3 Å². The van der Waals surface area contributed by atoms with E-state index < -0.39 is 20.9 Å². The molecule has 1 aromatic carbocycles. The van der Waals surface area contributed by atoms with Crippen molar-refractivity contribution in [3.63, 3.8) is 0 Å².